The van der Waals surface area contributed by atoms with Gasteiger partial charge < -0.3 is 10.2 Å². The molecule has 1 heterocycles. The summed E-state index contributed by atoms with van der Waals surface area (Å²) in [7, 11) is 3.81. The van der Waals surface area contributed by atoms with E-state index >= 15 is 0 Å². The standard InChI is InChI=1S/C12H13FN4/c1-17(2)12-7-11(14-8-15-12)16-10-5-3-9(13)4-6-10/h3-8H,1-2H3,(H,14,15,16). The first-order chi connectivity index (χ1) is 8.15. The Balaban J connectivity index is 2.18. The molecule has 1 aromatic carbocycles. The first kappa shape index (κ1) is 11.3. The van der Waals surface area contributed by atoms with Gasteiger partial charge in [-0.1, -0.05) is 0 Å². The number of nitrogens with zero attached hydrogens (tertiary/aromatic N) is 3. The fourth-order valence-electron chi connectivity index (χ4n) is 1.34. The van der Waals surface area contributed by atoms with E-state index in [1.165, 1.54) is 18.5 Å². The molecule has 0 aliphatic rings. The zero-order valence-electron chi connectivity index (χ0n) is 9.68. The van der Waals surface area contributed by atoms with E-state index in [9.17, 15) is 4.39 Å². The van der Waals surface area contributed by atoms with Crippen molar-refractivity contribution in [3.8, 4) is 0 Å². The van der Waals surface area contributed by atoms with E-state index in [-0.39, 0.29) is 5.82 Å². The molecule has 0 spiro atoms. The van der Waals surface area contributed by atoms with Crippen LogP contribution < -0.4 is 10.2 Å². The molecule has 0 saturated carbocycles. The van der Waals surface area contributed by atoms with Crippen molar-refractivity contribution < 1.29 is 4.39 Å². The van der Waals surface area contributed by atoms with Gasteiger partial charge >= 0.3 is 0 Å². The smallest absolute Gasteiger partial charge is 0.135 e. The van der Waals surface area contributed by atoms with Crippen LogP contribution in [0, 0.1) is 5.82 Å². The summed E-state index contributed by atoms with van der Waals surface area (Å²) in [5, 5.41) is 3.08. The second-order valence-corrected chi connectivity index (χ2v) is 3.79. The highest BCUT2D eigenvalue weighted by Crippen LogP contribution is 2.17. The minimum Gasteiger partial charge on any atom is -0.363 e. The average molecular weight is 232 g/mol. The lowest BCUT2D eigenvalue weighted by molar-refractivity contribution is 0.628. The molecule has 4 nitrogen and oxygen atoms in total. The quantitative estimate of drug-likeness (QED) is 0.882. The number of hydrogen-bond acceptors (Lipinski definition) is 4. The van der Waals surface area contributed by atoms with E-state index in [0.29, 0.717) is 5.82 Å². The molecule has 2 aromatic rings. The Morgan fingerprint density at radius 1 is 1.12 bits per heavy atom. The van der Waals surface area contributed by atoms with Gasteiger partial charge in [0.05, 0.1) is 0 Å². The summed E-state index contributed by atoms with van der Waals surface area (Å²) >= 11 is 0. The van der Waals surface area contributed by atoms with Crippen LogP contribution in [0.3, 0.4) is 0 Å². The van der Waals surface area contributed by atoms with Crippen molar-refractivity contribution in [1.29, 1.82) is 0 Å². The van der Waals surface area contributed by atoms with Crippen LogP contribution in [0.15, 0.2) is 36.7 Å². The Hall–Kier alpha value is -2.17. The highest BCUT2D eigenvalue weighted by molar-refractivity contribution is 5.58. The van der Waals surface area contributed by atoms with E-state index in [1.54, 1.807) is 12.1 Å². The summed E-state index contributed by atoms with van der Waals surface area (Å²) in [6, 6.07) is 7.94. The molecule has 1 N–H and O–H groups in total. The van der Waals surface area contributed by atoms with E-state index in [4.69, 9.17) is 0 Å². The molecule has 0 aliphatic carbocycles. The monoisotopic (exact) mass is 232 g/mol. The van der Waals surface area contributed by atoms with Crippen LogP contribution in [-0.4, -0.2) is 24.1 Å². The number of nitrogens with one attached hydrogen (secondary N) is 1. The molecule has 0 fully saturated rings. The molecular formula is C12H13FN4. The van der Waals surface area contributed by atoms with Gasteiger partial charge in [-0.25, -0.2) is 14.4 Å². The maximum absolute atomic E-state index is 12.7. The van der Waals surface area contributed by atoms with Gasteiger partial charge in [-0.3, -0.25) is 0 Å². The van der Waals surface area contributed by atoms with Gasteiger partial charge in [0, 0.05) is 25.8 Å². The molecule has 0 bridgehead atoms. The number of rotatable bonds is 3. The predicted molar refractivity (Wildman–Crippen MR) is 66.0 cm³/mol. The van der Waals surface area contributed by atoms with Gasteiger partial charge in [0.25, 0.3) is 0 Å². The Morgan fingerprint density at radius 3 is 2.47 bits per heavy atom. The molecule has 17 heavy (non-hydrogen) atoms. The molecule has 0 unspecified atom stereocenters. The molecule has 0 atom stereocenters. The Bertz CT molecular complexity index is 496. The molecule has 0 saturated heterocycles. The fraction of sp³-hybridized carbons (Fsp3) is 0.167. The third-order valence-electron chi connectivity index (χ3n) is 2.23. The van der Waals surface area contributed by atoms with Gasteiger partial charge in [0.1, 0.15) is 23.8 Å². The number of benzene rings is 1. The lowest BCUT2D eigenvalue weighted by atomic mass is 10.3. The zero-order chi connectivity index (χ0) is 12.3. The minimum absolute atomic E-state index is 0.257. The second-order valence-electron chi connectivity index (χ2n) is 3.79. The Morgan fingerprint density at radius 2 is 1.82 bits per heavy atom. The Kier molecular flexibility index (Phi) is 3.18. The molecule has 2 rings (SSSR count). The number of aromatic nitrogens is 2. The lowest BCUT2D eigenvalue weighted by Gasteiger charge is -2.12. The van der Waals surface area contributed by atoms with Gasteiger partial charge in [-0.05, 0) is 24.3 Å². The Labute approximate surface area is 99.1 Å². The van der Waals surface area contributed by atoms with Crippen LogP contribution in [0.2, 0.25) is 0 Å². The first-order valence-corrected chi connectivity index (χ1v) is 5.17. The molecule has 5 heteroatoms. The average Bonchev–Trinajstić information content (AvgIpc) is 2.32. The van der Waals surface area contributed by atoms with Crippen LogP contribution in [-0.2, 0) is 0 Å². The molecule has 0 radical (unpaired) electrons. The van der Waals surface area contributed by atoms with Crippen molar-refractivity contribution in [2.75, 3.05) is 24.3 Å². The maximum Gasteiger partial charge on any atom is 0.135 e. The van der Waals surface area contributed by atoms with E-state index in [0.717, 1.165) is 11.5 Å². The minimum atomic E-state index is -0.257. The van der Waals surface area contributed by atoms with Gasteiger partial charge in [-0.15, -0.1) is 0 Å². The van der Waals surface area contributed by atoms with Crippen LogP contribution >= 0.6 is 0 Å². The molecular weight excluding hydrogens is 219 g/mol. The van der Waals surface area contributed by atoms with Crippen molar-refractivity contribution in [3.63, 3.8) is 0 Å². The highest BCUT2D eigenvalue weighted by Gasteiger charge is 2.01. The van der Waals surface area contributed by atoms with E-state index in [2.05, 4.69) is 15.3 Å². The van der Waals surface area contributed by atoms with Crippen molar-refractivity contribution in [1.82, 2.24) is 9.97 Å². The normalized spacial score (nSPS) is 10.1. The van der Waals surface area contributed by atoms with Crippen LogP contribution in [0.5, 0.6) is 0 Å². The summed E-state index contributed by atoms with van der Waals surface area (Å²) in [6.45, 7) is 0. The van der Waals surface area contributed by atoms with Crippen molar-refractivity contribution >= 4 is 17.3 Å². The number of anilines is 3. The molecule has 88 valence electrons. The summed E-state index contributed by atoms with van der Waals surface area (Å²) in [4.78, 5) is 10.1. The zero-order valence-corrected chi connectivity index (χ0v) is 9.68. The van der Waals surface area contributed by atoms with Crippen LogP contribution in [0.4, 0.5) is 21.7 Å². The summed E-state index contributed by atoms with van der Waals surface area (Å²) in [5.41, 5.74) is 0.787. The van der Waals surface area contributed by atoms with Crippen LogP contribution in [0.25, 0.3) is 0 Å². The van der Waals surface area contributed by atoms with Gasteiger partial charge in [-0.2, -0.15) is 0 Å². The molecule has 1 aromatic heterocycles. The van der Waals surface area contributed by atoms with E-state index < -0.39 is 0 Å². The third-order valence-corrected chi connectivity index (χ3v) is 2.23. The summed E-state index contributed by atoms with van der Waals surface area (Å²) in [5.74, 6) is 1.23. The van der Waals surface area contributed by atoms with Crippen molar-refractivity contribution in [2.24, 2.45) is 0 Å². The van der Waals surface area contributed by atoms with Crippen molar-refractivity contribution in [2.45, 2.75) is 0 Å². The van der Waals surface area contributed by atoms with Crippen LogP contribution in [0.1, 0.15) is 0 Å². The maximum atomic E-state index is 12.7. The molecule has 0 amide bonds. The third kappa shape index (κ3) is 2.90. The highest BCUT2D eigenvalue weighted by atomic mass is 19.1. The van der Waals surface area contributed by atoms with E-state index in [1.807, 2.05) is 25.1 Å². The summed E-state index contributed by atoms with van der Waals surface area (Å²) in [6.07, 6.45) is 1.49. The van der Waals surface area contributed by atoms with Gasteiger partial charge in [0.2, 0.25) is 0 Å². The largest absolute Gasteiger partial charge is 0.363 e. The lowest BCUT2D eigenvalue weighted by Crippen LogP contribution is -2.11. The molecule has 0 aliphatic heterocycles. The van der Waals surface area contributed by atoms with Gasteiger partial charge in [0.15, 0.2) is 0 Å². The summed E-state index contributed by atoms with van der Waals surface area (Å²) < 4.78 is 12.7. The predicted octanol–water partition coefficient (Wildman–Crippen LogP) is 2.43. The number of hydrogen-bond donors (Lipinski definition) is 1. The fourth-order valence-corrected chi connectivity index (χ4v) is 1.34. The second kappa shape index (κ2) is 4.78. The number of halogens is 1. The SMILES string of the molecule is CN(C)c1cc(Nc2ccc(F)cc2)ncn1. The van der Waals surface area contributed by atoms with Crippen molar-refractivity contribution in [3.05, 3.63) is 42.5 Å². The topological polar surface area (TPSA) is 41.0 Å². The first-order valence-electron chi connectivity index (χ1n) is 5.17.